The van der Waals surface area contributed by atoms with Crippen molar-refractivity contribution in [3.63, 3.8) is 0 Å². The van der Waals surface area contributed by atoms with E-state index in [2.05, 4.69) is 15.2 Å². The SMILES string of the molecule is Cl.Cl.NC(=NCCCCN1CCOCC1)Nc1ccc(C(=O)O)cc1. The lowest BCUT2D eigenvalue weighted by Gasteiger charge is -2.26. The Hall–Kier alpha value is -1.54. The van der Waals surface area contributed by atoms with Gasteiger partial charge in [0.05, 0.1) is 18.8 Å². The summed E-state index contributed by atoms with van der Waals surface area (Å²) < 4.78 is 5.31. The fourth-order valence-corrected chi connectivity index (χ4v) is 2.36. The Balaban J connectivity index is 0.00000288. The lowest BCUT2D eigenvalue weighted by atomic mass is 10.2. The predicted octanol–water partition coefficient (Wildman–Crippen LogP) is 2.07. The minimum atomic E-state index is -0.946. The highest BCUT2D eigenvalue weighted by molar-refractivity contribution is 5.93. The molecule has 1 saturated heterocycles. The van der Waals surface area contributed by atoms with Crippen molar-refractivity contribution in [1.82, 2.24) is 4.90 Å². The second-order valence-corrected chi connectivity index (χ2v) is 5.44. The van der Waals surface area contributed by atoms with Crippen LogP contribution in [-0.2, 0) is 4.74 Å². The van der Waals surface area contributed by atoms with Gasteiger partial charge in [-0.15, -0.1) is 24.8 Å². The van der Waals surface area contributed by atoms with Gasteiger partial charge in [0, 0.05) is 25.3 Å². The van der Waals surface area contributed by atoms with Crippen molar-refractivity contribution in [2.24, 2.45) is 10.7 Å². The summed E-state index contributed by atoms with van der Waals surface area (Å²) in [4.78, 5) is 17.5. The zero-order valence-corrected chi connectivity index (χ0v) is 15.7. The van der Waals surface area contributed by atoms with Gasteiger partial charge in [-0.2, -0.15) is 0 Å². The third-order valence-corrected chi connectivity index (χ3v) is 3.67. The number of hydrogen-bond donors (Lipinski definition) is 3. The molecule has 142 valence electrons. The van der Waals surface area contributed by atoms with E-state index in [1.807, 2.05) is 0 Å². The maximum atomic E-state index is 10.8. The number of nitrogens with two attached hydrogens (primary N) is 1. The molecule has 1 heterocycles. The van der Waals surface area contributed by atoms with E-state index in [1.165, 1.54) is 12.1 Å². The zero-order chi connectivity index (χ0) is 16.5. The first-order valence-electron chi connectivity index (χ1n) is 7.85. The van der Waals surface area contributed by atoms with Gasteiger partial charge in [-0.25, -0.2) is 4.79 Å². The number of halogens is 2. The molecular formula is C16H26Cl2N4O3. The second kappa shape index (κ2) is 12.8. The first-order valence-corrected chi connectivity index (χ1v) is 7.85. The number of ether oxygens (including phenoxy) is 1. The number of aliphatic imine (C=N–C) groups is 1. The molecular weight excluding hydrogens is 367 g/mol. The molecule has 1 aliphatic rings. The van der Waals surface area contributed by atoms with Gasteiger partial charge in [0.15, 0.2) is 5.96 Å². The van der Waals surface area contributed by atoms with Gasteiger partial charge in [0.2, 0.25) is 0 Å². The van der Waals surface area contributed by atoms with E-state index >= 15 is 0 Å². The fraction of sp³-hybridized carbons (Fsp3) is 0.500. The van der Waals surface area contributed by atoms with Crippen molar-refractivity contribution in [1.29, 1.82) is 0 Å². The number of hydrogen-bond acceptors (Lipinski definition) is 4. The maximum Gasteiger partial charge on any atom is 0.335 e. The number of nitrogens with zero attached hydrogens (tertiary/aromatic N) is 2. The number of anilines is 1. The number of morpholine rings is 1. The van der Waals surface area contributed by atoms with Crippen molar-refractivity contribution >= 4 is 42.4 Å². The van der Waals surface area contributed by atoms with Crippen LogP contribution in [0.1, 0.15) is 23.2 Å². The Labute approximate surface area is 160 Å². The number of carboxylic acids is 1. The standard InChI is InChI=1S/C16H24N4O3.2ClH/c17-16(19-14-5-3-13(4-6-14)15(21)22)18-7-1-2-8-20-9-11-23-12-10-20;;/h3-6H,1-2,7-12H2,(H,21,22)(H3,17,18,19);2*1H. The largest absolute Gasteiger partial charge is 0.478 e. The summed E-state index contributed by atoms with van der Waals surface area (Å²) in [6.07, 6.45) is 2.07. The van der Waals surface area contributed by atoms with Crippen molar-refractivity contribution in [2.75, 3.05) is 44.7 Å². The Kier molecular flexibility index (Phi) is 12.0. The molecule has 0 aliphatic carbocycles. The molecule has 4 N–H and O–H groups in total. The predicted molar refractivity (Wildman–Crippen MR) is 105 cm³/mol. The summed E-state index contributed by atoms with van der Waals surface area (Å²) in [6, 6.07) is 6.40. The molecule has 7 nitrogen and oxygen atoms in total. The minimum absolute atomic E-state index is 0. The number of nitrogens with one attached hydrogen (secondary N) is 1. The van der Waals surface area contributed by atoms with Crippen LogP contribution in [0, 0.1) is 0 Å². The number of carbonyl (C=O) groups is 1. The van der Waals surface area contributed by atoms with Gasteiger partial charge in [0.1, 0.15) is 0 Å². The molecule has 1 aromatic rings. The second-order valence-electron chi connectivity index (χ2n) is 5.44. The minimum Gasteiger partial charge on any atom is -0.478 e. The lowest BCUT2D eigenvalue weighted by molar-refractivity contribution is 0.0373. The van der Waals surface area contributed by atoms with E-state index in [1.54, 1.807) is 12.1 Å². The van der Waals surface area contributed by atoms with Gasteiger partial charge in [-0.3, -0.25) is 9.89 Å². The normalized spacial score (nSPS) is 15.0. The van der Waals surface area contributed by atoms with Gasteiger partial charge in [0.25, 0.3) is 0 Å². The zero-order valence-electron chi connectivity index (χ0n) is 14.0. The average Bonchev–Trinajstić information content (AvgIpc) is 2.56. The Morgan fingerprint density at radius 2 is 1.84 bits per heavy atom. The molecule has 0 spiro atoms. The van der Waals surface area contributed by atoms with Crippen LogP contribution in [-0.4, -0.2) is 61.3 Å². The van der Waals surface area contributed by atoms with E-state index in [-0.39, 0.29) is 30.4 Å². The molecule has 1 aromatic carbocycles. The summed E-state index contributed by atoms with van der Waals surface area (Å²) in [5, 5.41) is 11.8. The van der Waals surface area contributed by atoms with Gasteiger partial charge >= 0.3 is 5.97 Å². The molecule has 2 rings (SSSR count). The number of carboxylic acid groups (broad SMARTS) is 1. The Morgan fingerprint density at radius 1 is 1.20 bits per heavy atom. The highest BCUT2D eigenvalue weighted by atomic mass is 35.5. The van der Waals surface area contributed by atoms with Crippen molar-refractivity contribution in [2.45, 2.75) is 12.8 Å². The molecule has 1 aliphatic heterocycles. The molecule has 0 radical (unpaired) electrons. The average molecular weight is 393 g/mol. The highest BCUT2D eigenvalue weighted by Gasteiger charge is 2.08. The monoisotopic (exact) mass is 392 g/mol. The van der Waals surface area contributed by atoms with E-state index in [9.17, 15) is 4.79 Å². The van der Waals surface area contributed by atoms with Crippen LogP contribution in [0.3, 0.4) is 0 Å². The smallest absolute Gasteiger partial charge is 0.335 e. The Morgan fingerprint density at radius 3 is 2.44 bits per heavy atom. The van der Waals surface area contributed by atoms with E-state index in [0.717, 1.165) is 51.4 Å². The van der Waals surface area contributed by atoms with Gasteiger partial charge < -0.3 is 20.9 Å². The van der Waals surface area contributed by atoms with Crippen LogP contribution in [0.15, 0.2) is 29.3 Å². The van der Waals surface area contributed by atoms with Gasteiger partial charge in [-0.05, 0) is 43.7 Å². The number of aromatic carboxylic acids is 1. The third-order valence-electron chi connectivity index (χ3n) is 3.67. The van der Waals surface area contributed by atoms with Gasteiger partial charge in [-0.1, -0.05) is 0 Å². The van der Waals surface area contributed by atoms with Crippen molar-refractivity contribution < 1.29 is 14.6 Å². The first-order chi connectivity index (χ1) is 11.1. The van der Waals surface area contributed by atoms with Crippen molar-refractivity contribution in [3.8, 4) is 0 Å². The maximum absolute atomic E-state index is 10.8. The molecule has 0 saturated carbocycles. The van der Waals surface area contributed by atoms with Crippen LogP contribution in [0.4, 0.5) is 5.69 Å². The molecule has 0 amide bonds. The highest BCUT2D eigenvalue weighted by Crippen LogP contribution is 2.09. The summed E-state index contributed by atoms with van der Waals surface area (Å²) in [5.41, 5.74) is 6.80. The number of guanidine groups is 1. The van der Waals surface area contributed by atoms with Crippen LogP contribution < -0.4 is 11.1 Å². The Bertz CT molecular complexity index is 535. The summed E-state index contributed by atoms with van der Waals surface area (Å²) in [7, 11) is 0. The number of benzene rings is 1. The lowest BCUT2D eigenvalue weighted by Crippen LogP contribution is -2.36. The van der Waals surface area contributed by atoms with Crippen LogP contribution in [0.2, 0.25) is 0 Å². The molecule has 9 heteroatoms. The third kappa shape index (κ3) is 8.92. The van der Waals surface area contributed by atoms with Crippen LogP contribution >= 0.6 is 24.8 Å². The quantitative estimate of drug-likeness (QED) is 0.373. The van der Waals surface area contributed by atoms with E-state index in [4.69, 9.17) is 15.6 Å². The molecule has 1 fully saturated rings. The molecule has 0 atom stereocenters. The topological polar surface area (TPSA) is 100 Å². The molecule has 0 aromatic heterocycles. The first kappa shape index (κ1) is 23.5. The van der Waals surface area contributed by atoms with E-state index in [0.29, 0.717) is 12.5 Å². The number of rotatable bonds is 7. The molecule has 25 heavy (non-hydrogen) atoms. The van der Waals surface area contributed by atoms with Crippen LogP contribution in [0.25, 0.3) is 0 Å². The summed E-state index contributed by atoms with van der Waals surface area (Å²) in [5.74, 6) is -0.599. The number of unbranched alkanes of at least 4 members (excludes halogenated alkanes) is 1. The summed E-state index contributed by atoms with van der Waals surface area (Å²) >= 11 is 0. The molecule has 0 bridgehead atoms. The van der Waals surface area contributed by atoms with E-state index < -0.39 is 5.97 Å². The summed E-state index contributed by atoms with van der Waals surface area (Å²) in [6.45, 7) is 5.43. The van der Waals surface area contributed by atoms with Crippen molar-refractivity contribution in [3.05, 3.63) is 29.8 Å². The van der Waals surface area contributed by atoms with Crippen LogP contribution in [0.5, 0.6) is 0 Å². The molecule has 0 unspecified atom stereocenters. The fourth-order valence-electron chi connectivity index (χ4n) is 2.36.